The van der Waals surface area contributed by atoms with E-state index in [2.05, 4.69) is 46.9 Å². The van der Waals surface area contributed by atoms with Crippen LogP contribution in [0.3, 0.4) is 0 Å². The fraction of sp³-hybridized carbons (Fsp3) is 0.500. The van der Waals surface area contributed by atoms with E-state index < -0.39 is 59.5 Å². The highest BCUT2D eigenvalue weighted by Gasteiger charge is 2.46. The third-order valence-electron chi connectivity index (χ3n) is 7.15. The normalized spacial score (nSPS) is 33.1. The number of anilines is 2. The molecule has 7 rings (SSSR count). The largest absolute Gasteiger partial charge is 0.386 e. The number of aromatic amines is 1. The number of ether oxygens (including phenoxy) is 2. The predicted octanol–water partition coefficient (Wildman–Crippen LogP) is -0.628. The van der Waals surface area contributed by atoms with Gasteiger partial charge in [0.15, 0.2) is 28.9 Å². The van der Waals surface area contributed by atoms with E-state index in [1.807, 2.05) is 0 Å². The molecule has 0 spiro atoms. The van der Waals surface area contributed by atoms with Crippen LogP contribution in [0.5, 0.6) is 0 Å². The second kappa shape index (κ2) is 10.5. The van der Waals surface area contributed by atoms with Crippen molar-refractivity contribution in [2.75, 3.05) is 24.6 Å². The molecule has 20 nitrogen and oxygen atoms in total. The Morgan fingerprint density at radius 1 is 1.00 bits per heavy atom. The zero-order valence-electron chi connectivity index (χ0n) is 21.8. The number of nitrogens with one attached hydrogen (secondary N) is 2. The molecule has 3 saturated heterocycles. The number of rotatable bonds is 2. The second-order valence-electron chi connectivity index (χ2n) is 9.95. The van der Waals surface area contributed by atoms with Gasteiger partial charge in [0.25, 0.3) is 5.56 Å². The number of H-pyrrole nitrogens is 1. The number of thiol groups is 1. The van der Waals surface area contributed by atoms with Gasteiger partial charge in [0.05, 0.1) is 31.5 Å². The van der Waals surface area contributed by atoms with Crippen molar-refractivity contribution in [3.8, 4) is 0 Å². The van der Waals surface area contributed by atoms with E-state index in [1.165, 1.54) is 23.5 Å². The third-order valence-corrected chi connectivity index (χ3v) is 9.81. The quantitative estimate of drug-likeness (QED) is 0.133. The van der Waals surface area contributed by atoms with Crippen LogP contribution < -0.4 is 21.7 Å². The summed E-state index contributed by atoms with van der Waals surface area (Å²) in [5, 5.41) is 0. The van der Waals surface area contributed by atoms with Gasteiger partial charge in [-0.25, -0.2) is 28.7 Å². The average molecular weight is 658 g/mol. The zero-order chi connectivity index (χ0) is 30.1. The van der Waals surface area contributed by atoms with Gasteiger partial charge < -0.3 is 20.9 Å². The van der Waals surface area contributed by atoms with Crippen LogP contribution in [0.2, 0.25) is 0 Å². The first-order valence-corrected chi connectivity index (χ1v) is 16.9. The molecular formula is C20H24N11O9PS2. The molecule has 0 saturated carbocycles. The van der Waals surface area contributed by atoms with Crippen molar-refractivity contribution in [1.82, 2.24) is 43.8 Å². The van der Waals surface area contributed by atoms with Crippen molar-refractivity contribution in [1.29, 1.82) is 0 Å². The summed E-state index contributed by atoms with van der Waals surface area (Å²) in [7, 11) is -4.43. The Morgan fingerprint density at radius 2 is 1.79 bits per heavy atom. The summed E-state index contributed by atoms with van der Waals surface area (Å²) < 4.78 is 73.8. The molecule has 7 heterocycles. The number of hydrogen-bond donors (Lipinski definition) is 5. The first-order chi connectivity index (χ1) is 20.5. The highest BCUT2D eigenvalue weighted by atomic mass is 32.7. The van der Waals surface area contributed by atoms with Gasteiger partial charge in [-0.05, 0) is 0 Å². The van der Waals surface area contributed by atoms with Crippen LogP contribution >= 0.6 is 19.0 Å². The molecule has 6 N–H and O–H groups in total. The van der Waals surface area contributed by atoms with E-state index in [4.69, 9.17) is 34.2 Å². The standard InChI is InChI=1S/C20H24N11O9PS2/c21-15-13-16(24-5-23-15)30(6-25-13)12-2-9-11(38-12)3-27-43(34,35)40-10-1-8(4-36-41(33,42)39-9)37-19(10)31-7-26-14-17(31)28-20(22)29-18(14)32/h5-12,19,27H,1-4H2,(H,33,42)(H2,21,23,24)(H3,22,28,29,32)/t8-,9-,10+,11+,12+,19+,41-/m0/s1. The SMILES string of the molecule is Nc1nc2c(ncn2[C@@H]2O[C@@H]3CO[P@](=O)(S)O[C@H]4C[C@H](n5cnc6c(N)ncnc65)O[C@@H]4CNS(=O)(=O)O[C@@H]2C3)c(=O)[nH]1. The first kappa shape index (κ1) is 28.6. The lowest BCUT2D eigenvalue weighted by atomic mass is 10.2. The fourth-order valence-electron chi connectivity index (χ4n) is 5.29. The Bertz CT molecular complexity index is 1930. The molecule has 7 atom stereocenters. The summed E-state index contributed by atoms with van der Waals surface area (Å²) in [6, 6.07) is 0. The van der Waals surface area contributed by atoms with Gasteiger partial charge in [-0.2, -0.15) is 18.1 Å². The minimum atomic E-state index is -4.43. The van der Waals surface area contributed by atoms with Crippen molar-refractivity contribution in [3.63, 3.8) is 0 Å². The van der Waals surface area contributed by atoms with Gasteiger partial charge >= 0.3 is 17.1 Å². The van der Waals surface area contributed by atoms with Gasteiger partial charge in [-0.3, -0.25) is 28.0 Å². The summed E-state index contributed by atoms with van der Waals surface area (Å²) in [4.78, 5) is 35.1. The molecule has 4 aromatic rings. The molecule has 0 radical (unpaired) electrons. The molecule has 3 aliphatic rings. The summed E-state index contributed by atoms with van der Waals surface area (Å²) in [6.45, 7) is -4.65. The van der Waals surface area contributed by atoms with E-state index in [0.717, 1.165) is 0 Å². The van der Waals surface area contributed by atoms with Crippen LogP contribution in [0.25, 0.3) is 22.3 Å². The molecule has 0 aliphatic carbocycles. The van der Waals surface area contributed by atoms with Crippen molar-refractivity contribution in [3.05, 3.63) is 29.3 Å². The van der Waals surface area contributed by atoms with E-state index >= 15 is 0 Å². The average Bonchev–Trinajstić information content (AvgIpc) is 3.71. The Morgan fingerprint density at radius 3 is 2.63 bits per heavy atom. The Hall–Kier alpha value is -3.21. The summed E-state index contributed by atoms with van der Waals surface area (Å²) in [5.41, 5.74) is 11.7. The molecule has 3 fully saturated rings. The molecule has 3 aliphatic heterocycles. The second-order valence-corrected chi connectivity index (χ2v) is 14.2. The lowest BCUT2D eigenvalue weighted by Gasteiger charge is -2.24. The smallest absolute Gasteiger partial charge is 0.382 e. The van der Waals surface area contributed by atoms with Crippen molar-refractivity contribution in [2.45, 2.75) is 49.7 Å². The van der Waals surface area contributed by atoms with E-state index in [9.17, 15) is 17.8 Å². The summed E-state index contributed by atoms with van der Waals surface area (Å²) >= 11 is 4.14. The summed E-state index contributed by atoms with van der Waals surface area (Å²) in [6.07, 6.45) is -1.63. The monoisotopic (exact) mass is 657 g/mol. The number of hydrogen-bond acceptors (Lipinski definition) is 16. The lowest BCUT2D eigenvalue weighted by Crippen LogP contribution is -2.40. The van der Waals surface area contributed by atoms with Gasteiger partial charge in [0.2, 0.25) is 5.95 Å². The molecule has 0 amide bonds. The van der Waals surface area contributed by atoms with Gasteiger partial charge in [-0.15, -0.1) is 0 Å². The Kier molecular flexibility index (Phi) is 6.94. The lowest BCUT2D eigenvalue weighted by molar-refractivity contribution is -0.0439. The van der Waals surface area contributed by atoms with Crippen LogP contribution in [-0.4, -0.2) is 85.0 Å². The maximum Gasteiger partial charge on any atom is 0.386 e. The Balaban J connectivity index is 1.17. The molecule has 4 aromatic heterocycles. The van der Waals surface area contributed by atoms with Crippen LogP contribution in [0.15, 0.2) is 23.8 Å². The van der Waals surface area contributed by atoms with E-state index in [0.29, 0.717) is 11.2 Å². The van der Waals surface area contributed by atoms with E-state index in [-0.39, 0.29) is 48.9 Å². The first-order valence-electron chi connectivity index (χ1n) is 12.8. The third kappa shape index (κ3) is 5.38. The van der Waals surface area contributed by atoms with Crippen LogP contribution in [0.1, 0.15) is 25.3 Å². The van der Waals surface area contributed by atoms with Gasteiger partial charge in [-0.1, -0.05) is 12.2 Å². The number of nitrogens with zero attached hydrogens (tertiary/aromatic N) is 7. The fourth-order valence-corrected chi connectivity index (χ4v) is 7.77. The number of imidazole rings is 2. The number of aromatic nitrogens is 8. The topological polar surface area (TPSA) is 269 Å². The predicted molar refractivity (Wildman–Crippen MR) is 149 cm³/mol. The highest BCUT2D eigenvalue weighted by molar-refractivity contribution is 8.44. The number of nitrogens with two attached hydrogens (primary N) is 2. The molecule has 0 unspecified atom stereocenters. The minimum absolute atomic E-state index is 0.0121. The summed E-state index contributed by atoms with van der Waals surface area (Å²) in [5.74, 6) is -0.00756. The number of fused-ring (bicyclic) bond motifs is 5. The van der Waals surface area contributed by atoms with E-state index in [1.54, 1.807) is 4.57 Å². The van der Waals surface area contributed by atoms with Gasteiger partial charge in [0.1, 0.15) is 30.3 Å². The highest BCUT2D eigenvalue weighted by Crippen LogP contribution is 2.56. The van der Waals surface area contributed by atoms with Crippen LogP contribution in [0.4, 0.5) is 11.8 Å². The Labute approximate surface area is 246 Å². The van der Waals surface area contributed by atoms with Crippen molar-refractivity contribution < 1.29 is 35.7 Å². The molecule has 23 heteroatoms. The molecular weight excluding hydrogens is 633 g/mol. The van der Waals surface area contributed by atoms with Crippen molar-refractivity contribution >= 4 is 63.4 Å². The zero-order valence-corrected chi connectivity index (χ0v) is 24.4. The van der Waals surface area contributed by atoms with Crippen LogP contribution in [0, 0.1) is 0 Å². The molecule has 2 bridgehead atoms. The van der Waals surface area contributed by atoms with Crippen LogP contribution in [-0.2, 0) is 37.6 Å². The number of nitrogen functional groups attached to an aromatic ring is 2. The maximum absolute atomic E-state index is 13.3. The molecule has 0 aromatic carbocycles. The molecule has 230 valence electrons. The minimum Gasteiger partial charge on any atom is -0.382 e. The maximum atomic E-state index is 13.3. The van der Waals surface area contributed by atoms with Crippen molar-refractivity contribution in [2.24, 2.45) is 0 Å². The molecule has 43 heavy (non-hydrogen) atoms. The van der Waals surface area contributed by atoms with Gasteiger partial charge in [0, 0.05) is 19.4 Å².